The fraction of sp³-hybridized carbons (Fsp3) is 0.286. The van der Waals surface area contributed by atoms with E-state index in [1.807, 2.05) is 13.0 Å². The third-order valence-corrected chi connectivity index (χ3v) is 3.51. The van der Waals surface area contributed by atoms with Crippen LogP contribution < -0.4 is 5.32 Å². The summed E-state index contributed by atoms with van der Waals surface area (Å²) in [6.07, 6.45) is 0. The molecule has 4 nitrogen and oxygen atoms in total. The van der Waals surface area contributed by atoms with Gasteiger partial charge in [0, 0.05) is 6.07 Å². The fourth-order valence-electron chi connectivity index (χ4n) is 1.64. The van der Waals surface area contributed by atoms with Gasteiger partial charge in [-0.05, 0) is 31.5 Å². The van der Waals surface area contributed by atoms with Gasteiger partial charge in [0.1, 0.15) is 11.6 Å². The molecule has 2 aromatic rings. The van der Waals surface area contributed by atoms with E-state index in [1.54, 1.807) is 19.1 Å². The van der Waals surface area contributed by atoms with Gasteiger partial charge in [0.25, 0.3) is 0 Å². The van der Waals surface area contributed by atoms with Crippen LogP contribution in [-0.4, -0.2) is 16.8 Å². The number of thioether (sulfide) groups is 1. The molecule has 6 heteroatoms. The third-order valence-electron chi connectivity index (χ3n) is 2.55. The Labute approximate surface area is 120 Å². The summed E-state index contributed by atoms with van der Waals surface area (Å²) < 4.78 is 18.6. The van der Waals surface area contributed by atoms with Gasteiger partial charge in [-0.25, -0.2) is 4.39 Å². The number of nitrogens with zero attached hydrogens (tertiary/aromatic N) is 1. The van der Waals surface area contributed by atoms with Gasteiger partial charge < -0.3 is 9.84 Å². The molecule has 0 bridgehead atoms. The smallest absolute Gasteiger partial charge is 0.234 e. The number of benzene rings is 1. The number of amides is 1. The Balaban J connectivity index is 1.80. The summed E-state index contributed by atoms with van der Waals surface area (Å²) in [6.45, 7) is 3.63. The average molecular weight is 294 g/mol. The molecule has 0 unspecified atom stereocenters. The lowest BCUT2D eigenvalue weighted by atomic mass is 10.2. The van der Waals surface area contributed by atoms with Crippen LogP contribution in [0, 0.1) is 19.7 Å². The number of anilines is 1. The second-order valence-electron chi connectivity index (χ2n) is 4.46. The molecule has 0 spiro atoms. The molecule has 1 amide bonds. The first-order chi connectivity index (χ1) is 9.54. The van der Waals surface area contributed by atoms with Gasteiger partial charge in [0.2, 0.25) is 5.91 Å². The minimum atomic E-state index is -0.422. The van der Waals surface area contributed by atoms with Crippen molar-refractivity contribution >= 4 is 23.4 Å². The Kier molecular flexibility index (Phi) is 4.79. The van der Waals surface area contributed by atoms with Crippen LogP contribution in [0.3, 0.4) is 0 Å². The summed E-state index contributed by atoms with van der Waals surface area (Å²) >= 11 is 1.39. The molecule has 0 radical (unpaired) electrons. The lowest BCUT2D eigenvalue weighted by molar-refractivity contribution is -0.113. The lowest BCUT2D eigenvalue weighted by Crippen LogP contribution is -2.15. The second kappa shape index (κ2) is 6.56. The zero-order valence-electron chi connectivity index (χ0n) is 11.3. The molecule has 2 rings (SSSR count). The van der Waals surface area contributed by atoms with Gasteiger partial charge in [0.15, 0.2) is 0 Å². The van der Waals surface area contributed by atoms with Gasteiger partial charge in [-0.1, -0.05) is 11.2 Å². The van der Waals surface area contributed by atoms with E-state index in [0.717, 1.165) is 17.0 Å². The molecule has 106 valence electrons. The fourth-order valence-corrected chi connectivity index (χ4v) is 2.33. The van der Waals surface area contributed by atoms with Crippen molar-refractivity contribution in [1.29, 1.82) is 0 Å². The van der Waals surface area contributed by atoms with E-state index < -0.39 is 5.82 Å². The summed E-state index contributed by atoms with van der Waals surface area (Å²) in [5, 5.41) is 6.31. The molecule has 1 aromatic heterocycles. The van der Waals surface area contributed by atoms with Crippen LogP contribution in [0.1, 0.15) is 17.0 Å². The zero-order chi connectivity index (χ0) is 14.5. The van der Waals surface area contributed by atoms with Crippen LogP contribution in [0.2, 0.25) is 0 Å². The first-order valence-electron chi connectivity index (χ1n) is 6.10. The van der Waals surface area contributed by atoms with E-state index in [1.165, 1.54) is 17.8 Å². The number of rotatable bonds is 5. The highest BCUT2D eigenvalue weighted by Gasteiger charge is 2.08. The Morgan fingerprint density at radius 3 is 2.85 bits per heavy atom. The van der Waals surface area contributed by atoms with Gasteiger partial charge >= 0.3 is 0 Å². The molecule has 0 saturated heterocycles. The monoisotopic (exact) mass is 294 g/mol. The minimum Gasteiger partial charge on any atom is -0.360 e. The van der Waals surface area contributed by atoms with E-state index in [9.17, 15) is 9.18 Å². The van der Waals surface area contributed by atoms with Crippen LogP contribution in [0.5, 0.6) is 0 Å². The number of carbonyl (C=O) groups excluding carboxylic acids is 1. The van der Waals surface area contributed by atoms with Crippen molar-refractivity contribution in [3.05, 3.63) is 47.1 Å². The van der Waals surface area contributed by atoms with Crippen LogP contribution in [0.25, 0.3) is 0 Å². The highest BCUT2D eigenvalue weighted by Crippen LogP contribution is 2.17. The maximum Gasteiger partial charge on any atom is 0.234 e. The molecule has 0 aliphatic carbocycles. The number of hydrogen-bond acceptors (Lipinski definition) is 4. The van der Waals surface area contributed by atoms with Gasteiger partial charge in [-0.2, -0.15) is 0 Å². The van der Waals surface area contributed by atoms with Crippen LogP contribution in [0.15, 0.2) is 28.8 Å². The third kappa shape index (κ3) is 4.09. The molecule has 0 aliphatic heterocycles. The summed E-state index contributed by atoms with van der Waals surface area (Å²) in [6, 6.07) is 6.53. The summed E-state index contributed by atoms with van der Waals surface area (Å²) in [7, 11) is 0. The average Bonchev–Trinajstić information content (AvgIpc) is 2.79. The summed E-state index contributed by atoms with van der Waals surface area (Å²) in [5.74, 6) is 0.850. The molecular formula is C14H15FN2O2S. The number of halogens is 1. The second-order valence-corrected chi connectivity index (χ2v) is 5.44. The van der Waals surface area contributed by atoms with Crippen molar-refractivity contribution in [2.45, 2.75) is 19.6 Å². The predicted octanol–water partition coefficient (Wildman–Crippen LogP) is 3.30. The Morgan fingerprint density at radius 2 is 2.20 bits per heavy atom. The van der Waals surface area contributed by atoms with Crippen molar-refractivity contribution in [1.82, 2.24) is 5.16 Å². The van der Waals surface area contributed by atoms with Crippen molar-refractivity contribution < 1.29 is 13.7 Å². The Hall–Kier alpha value is -1.82. The number of aryl methyl sites for hydroxylation is 2. The van der Waals surface area contributed by atoms with E-state index in [-0.39, 0.29) is 17.3 Å². The highest BCUT2D eigenvalue weighted by molar-refractivity contribution is 7.99. The van der Waals surface area contributed by atoms with Gasteiger partial charge in [-0.3, -0.25) is 4.79 Å². The van der Waals surface area contributed by atoms with E-state index in [0.29, 0.717) is 5.75 Å². The van der Waals surface area contributed by atoms with Crippen LogP contribution in [0.4, 0.5) is 10.1 Å². The normalized spacial score (nSPS) is 10.6. The Morgan fingerprint density at radius 1 is 1.40 bits per heavy atom. The topological polar surface area (TPSA) is 55.1 Å². The van der Waals surface area contributed by atoms with Gasteiger partial charge in [-0.15, -0.1) is 11.8 Å². The van der Waals surface area contributed by atoms with Crippen molar-refractivity contribution in [2.75, 3.05) is 11.1 Å². The molecular weight excluding hydrogens is 279 g/mol. The molecule has 0 aliphatic rings. The minimum absolute atomic E-state index is 0.205. The quantitative estimate of drug-likeness (QED) is 0.919. The number of hydrogen-bond donors (Lipinski definition) is 1. The predicted molar refractivity (Wildman–Crippen MR) is 77.2 cm³/mol. The molecule has 0 fully saturated rings. The van der Waals surface area contributed by atoms with Crippen molar-refractivity contribution in [3.63, 3.8) is 0 Å². The standard InChI is InChI=1S/C14H15FN2O2S/c1-9-3-4-13(12(15)5-9)16-14(18)8-20-7-11-6-10(2)17-19-11/h3-6H,7-8H2,1-2H3,(H,16,18). The zero-order valence-corrected chi connectivity index (χ0v) is 12.1. The number of nitrogens with one attached hydrogen (secondary N) is 1. The summed E-state index contributed by atoms with van der Waals surface area (Å²) in [5.41, 5.74) is 1.83. The Bertz CT molecular complexity index is 613. The molecule has 0 saturated carbocycles. The van der Waals surface area contributed by atoms with Crippen LogP contribution in [-0.2, 0) is 10.5 Å². The molecule has 1 heterocycles. The molecule has 1 aromatic carbocycles. The SMILES string of the molecule is Cc1ccc(NC(=O)CSCc2cc(C)no2)c(F)c1. The van der Waals surface area contributed by atoms with Crippen molar-refractivity contribution in [2.24, 2.45) is 0 Å². The maximum atomic E-state index is 13.6. The highest BCUT2D eigenvalue weighted by atomic mass is 32.2. The van der Waals surface area contributed by atoms with Crippen LogP contribution >= 0.6 is 11.8 Å². The largest absolute Gasteiger partial charge is 0.360 e. The van der Waals surface area contributed by atoms with Gasteiger partial charge in [0.05, 0.1) is 22.9 Å². The summed E-state index contributed by atoms with van der Waals surface area (Å²) in [4.78, 5) is 11.7. The number of aromatic nitrogens is 1. The maximum absolute atomic E-state index is 13.6. The first-order valence-corrected chi connectivity index (χ1v) is 7.26. The molecule has 1 N–H and O–H groups in total. The lowest BCUT2D eigenvalue weighted by Gasteiger charge is -2.06. The van der Waals surface area contributed by atoms with E-state index in [4.69, 9.17) is 4.52 Å². The van der Waals surface area contributed by atoms with Crippen molar-refractivity contribution in [3.8, 4) is 0 Å². The van der Waals surface area contributed by atoms with E-state index in [2.05, 4.69) is 10.5 Å². The van der Waals surface area contributed by atoms with E-state index >= 15 is 0 Å². The number of carbonyl (C=O) groups is 1. The molecule has 20 heavy (non-hydrogen) atoms. The molecule has 0 atom stereocenters. The first kappa shape index (κ1) is 14.6.